The van der Waals surface area contributed by atoms with E-state index in [1.807, 2.05) is 19.1 Å². The molecule has 0 heterocycles. The van der Waals surface area contributed by atoms with Crippen LogP contribution in [-0.2, 0) is 22.4 Å². The second-order valence-electron chi connectivity index (χ2n) is 7.00. The Morgan fingerprint density at radius 3 is 2.61 bits per heavy atom. The van der Waals surface area contributed by atoms with Crippen LogP contribution in [0.5, 0.6) is 5.75 Å². The van der Waals surface area contributed by atoms with Gasteiger partial charge in [-0.1, -0.05) is 25.5 Å². The highest BCUT2D eigenvalue weighted by molar-refractivity contribution is 5.93. The number of anilines is 1. The number of nitrogens with one attached hydrogen (secondary N) is 1. The quantitative estimate of drug-likeness (QED) is 0.539. The molecule has 28 heavy (non-hydrogen) atoms. The minimum atomic E-state index is -0.344. The minimum Gasteiger partial charge on any atom is -0.483 e. The van der Waals surface area contributed by atoms with E-state index in [1.165, 1.54) is 17.5 Å². The SMILES string of the molecule is CCCCOC(=O)c1ccc(NC(=O)COc2cccc3c2CCCC3)cc1. The number of hydrogen-bond donors (Lipinski definition) is 1. The lowest BCUT2D eigenvalue weighted by molar-refractivity contribution is -0.118. The molecule has 0 aliphatic heterocycles. The first kappa shape index (κ1) is 19.9. The van der Waals surface area contributed by atoms with Gasteiger partial charge < -0.3 is 14.8 Å². The van der Waals surface area contributed by atoms with Crippen LogP contribution in [0.1, 0.15) is 54.1 Å². The molecule has 0 radical (unpaired) electrons. The van der Waals surface area contributed by atoms with Gasteiger partial charge in [0, 0.05) is 5.69 Å². The molecule has 0 spiro atoms. The molecular weight excluding hydrogens is 354 g/mol. The number of amides is 1. The Balaban J connectivity index is 1.51. The third-order valence-electron chi connectivity index (χ3n) is 4.85. The van der Waals surface area contributed by atoms with Crippen molar-refractivity contribution in [2.75, 3.05) is 18.5 Å². The van der Waals surface area contributed by atoms with Crippen LogP contribution in [0.4, 0.5) is 5.69 Å². The molecular formula is C23H27NO4. The third kappa shape index (κ3) is 5.35. The molecule has 0 unspecified atom stereocenters. The zero-order valence-corrected chi connectivity index (χ0v) is 16.3. The summed E-state index contributed by atoms with van der Waals surface area (Å²) < 4.78 is 10.9. The summed E-state index contributed by atoms with van der Waals surface area (Å²) in [6.07, 6.45) is 6.28. The Bertz CT molecular complexity index is 814. The number of ether oxygens (including phenoxy) is 2. The third-order valence-corrected chi connectivity index (χ3v) is 4.85. The molecule has 2 aromatic carbocycles. The Labute approximate surface area is 166 Å². The van der Waals surface area contributed by atoms with Gasteiger partial charge in [-0.3, -0.25) is 4.79 Å². The van der Waals surface area contributed by atoms with Gasteiger partial charge in [-0.05, 0) is 73.6 Å². The van der Waals surface area contributed by atoms with Gasteiger partial charge in [0.1, 0.15) is 5.75 Å². The number of esters is 1. The van der Waals surface area contributed by atoms with E-state index in [9.17, 15) is 9.59 Å². The number of carbonyl (C=O) groups is 2. The molecule has 0 saturated carbocycles. The molecule has 1 amide bonds. The fourth-order valence-corrected chi connectivity index (χ4v) is 3.30. The van der Waals surface area contributed by atoms with Crippen molar-refractivity contribution in [3.8, 4) is 5.75 Å². The first-order valence-corrected chi connectivity index (χ1v) is 9.98. The Morgan fingerprint density at radius 2 is 1.82 bits per heavy atom. The van der Waals surface area contributed by atoms with E-state index in [2.05, 4.69) is 11.4 Å². The monoisotopic (exact) mass is 381 g/mol. The summed E-state index contributed by atoms with van der Waals surface area (Å²) in [5.41, 5.74) is 3.65. The van der Waals surface area contributed by atoms with Crippen LogP contribution in [0.25, 0.3) is 0 Å². The normalized spacial score (nSPS) is 12.8. The van der Waals surface area contributed by atoms with E-state index in [0.717, 1.165) is 37.9 Å². The first-order valence-electron chi connectivity index (χ1n) is 9.98. The van der Waals surface area contributed by atoms with Gasteiger partial charge in [-0.2, -0.15) is 0 Å². The largest absolute Gasteiger partial charge is 0.483 e. The van der Waals surface area contributed by atoms with Crippen LogP contribution in [0, 0.1) is 0 Å². The molecule has 0 aromatic heterocycles. The highest BCUT2D eigenvalue weighted by Gasteiger charge is 2.15. The average molecular weight is 381 g/mol. The average Bonchev–Trinajstić information content (AvgIpc) is 2.73. The second-order valence-corrected chi connectivity index (χ2v) is 7.00. The highest BCUT2D eigenvalue weighted by Crippen LogP contribution is 2.29. The summed E-state index contributed by atoms with van der Waals surface area (Å²) in [6.45, 7) is 2.42. The van der Waals surface area contributed by atoms with Crippen molar-refractivity contribution in [1.82, 2.24) is 0 Å². The first-order chi connectivity index (χ1) is 13.7. The Morgan fingerprint density at radius 1 is 1.04 bits per heavy atom. The lowest BCUT2D eigenvalue weighted by Gasteiger charge is -2.19. The second kappa shape index (κ2) is 9.93. The van der Waals surface area contributed by atoms with Gasteiger partial charge >= 0.3 is 5.97 Å². The van der Waals surface area contributed by atoms with Crippen LogP contribution in [0.2, 0.25) is 0 Å². The highest BCUT2D eigenvalue weighted by atomic mass is 16.5. The predicted molar refractivity (Wildman–Crippen MR) is 109 cm³/mol. The number of hydrogen-bond acceptors (Lipinski definition) is 4. The van der Waals surface area contributed by atoms with E-state index in [0.29, 0.717) is 17.9 Å². The summed E-state index contributed by atoms with van der Waals surface area (Å²) in [5, 5.41) is 2.79. The number of carbonyl (C=O) groups excluding carboxylic acids is 2. The summed E-state index contributed by atoms with van der Waals surface area (Å²) in [5.74, 6) is 0.229. The van der Waals surface area contributed by atoms with Crippen LogP contribution in [-0.4, -0.2) is 25.1 Å². The van der Waals surface area contributed by atoms with Crippen LogP contribution < -0.4 is 10.1 Å². The summed E-state index contributed by atoms with van der Waals surface area (Å²) in [6, 6.07) is 12.7. The van der Waals surface area contributed by atoms with E-state index < -0.39 is 0 Å². The van der Waals surface area contributed by atoms with Crippen LogP contribution >= 0.6 is 0 Å². The zero-order chi connectivity index (χ0) is 19.8. The maximum Gasteiger partial charge on any atom is 0.338 e. The molecule has 3 rings (SSSR count). The molecule has 2 aromatic rings. The smallest absolute Gasteiger partial charge is 0.338 e. The topological polar surface area (TPSA) is 64.6 Å². The van der Waals surface area contributed by atoms with Crippen LogP contribution in [0.15, 0.2) is 42.5 Å². The molecule has 0 saturated heterocycles. The maximum absolute atomic E-state index is 12.2. The lowest BCUT2D eigenvalue weighted by atomic mass is 9.91. The molecule has 5 nitrogen and oxygen atoms in total. The van der Waals surface area contributed by atoms with Gasteiger partial charge in [0.25, 0.3) is 5.91 Å². The van der Waals surface area contributed by atoms with E-state index in [4.69, 9.17) is 9.47 Å². The Kier molecular flexibility index (Phi) is 7.06. The predicted octanol–water partition coefficient (Wildman–Crippen LogP) is 4.54. The fraction of sp³-hybridized carbons (Fsp3) is 0.391. The van der Waals surface area contributed by atoms with E-state index >= 15 is 0 Å². The number of fused-ring (bicyclic) bond motifs is 1. The van der Waals surface area contributed by atoms with Gasteiger partial charge in [0.15, 0.2) is 6.61 Å². The molecule has 0 bridgehead atoms. The van der Waals surface area contributed by atoms with E-state index in [1.54, 1.807) is 24.3 Å². The molecule has 148 valence electrons. The zero-order valence-electron chi connectivity index (χ0n) is 16.3. The summed E-state index contributed by atoms with van der Waals surface area (Å²) in [4.78, 5) is 24.1. The standard InChI is InChI=1S/C23H27NO4/c1-2-3-15-27-23(26)18-11-13-19(14-12-18)24-22(25)16-28-21-10-6-8-17-7-4-5-9-20(17)21/h6,8,10-14H,2-5,7,9,15-16H2,1H3,(H,24,25). The van der Waals surface area contributed by atoms with Crippen molar-refractivity contribution in [2.24, 2.45) is 0 Å². The number of benzene rings is 2. The molecule has 0 atom stereocenters. The van der Waals surface area contributed by atoms with Crippen molar-refractivity contribution >= 4 is 17.6 Å². The van der Waals surface area contributed by atoms with Crippen molar-refractivity contribution < 1.29 is 19.1 Å². The minimum absolute atomic E-state index is 0.0444. The van der Waals surface area contributed by atoms with Gasteiger partial charge in [-0.15, -0.1) is 0 Å². The van der Waals surface area contributed by atoms with Gasteiger partial charge in [-0.25, -0.2) is 4.79 Å². The summed E-state index contributed by atoms with van der Waals surface area (Å²) >= 11 is 0. The molecule has 1 aliphatic carbocycles. The van der Waals surface area contributed by atoms with E-state index in [-0.39, 0.29) is 18.5 Å². The van der Waals surface area contributed by atoms with Gasteiger partial charge in [0.2, 0.25) is 0 Å². The van der Waals surface area contributed by atoms with Gasteiger partial charge in [0.05, 0.1) is 12.2 Å². The molecule has 1 N–H and O–H groups in total. The number of aryl methyl sites for hydroxylation is 1. The fourth-order valence-electron chi connectivity index (χ4n) is 3.30. The van der Waals surface area contributed by atoms with Crippen molar-refractivity contribution in [3.05, 3.63) is 59.2 Å². The maximum atomic E-state index is 12.2. The lowest BCUT2D eigenvalue weighted by Crippen LogP contribution is -2.21. The molecule has 5 heteroatoms. The van der Waals surface area contributed by atoms with Crippen LogP contribution in [0.3, 0.4) is 0 Å². The summed E-state index contributed by atoms with van der Waals surface area (Å²) in [7, 11) is 0. The number of rotatable bonds is 8. The number of unbranched alkanes of at least 4 members (excludes halogenated alkanes) is 1. The molecule has 0 fully saturated rings. The Hall–Kier alpha value is -2.82. The van der Waals surface area contributed by atoms with Crippen molar-refractivity contribution in [3.63, 3.8) is 0 Å². The van der Waals surface area contributed by atoms with Crippen molar-refractivity contribution in [2.45, 2.75) is 45.4 Å². The van der Waals surface area contributed by atoms with Crippen molar-refractivity contribution in [1.29, 1.82) is 0 Å². The molecule has 1 aliphatic rings.